The molecule has 7 heteroatoms. The molecule has 0 bridgehead atoms. The highest BCUT2D eigenvalue weighted by atomic mass is 16.5. The Kier molecular flexibility index (Phi) is 6.13. The molecule has 0 spiro atoms. The van der Waals surface area contributed by atoms with E-state index in [0.717, 1.165) is 43.2 Å². The molecule has 31 heavy (non-hydrogen) atoms. The second kappa shape index (κ2) is 8.98. The number of imide groups is 1. The third-order valence-electron chi connectivity index (χ3n) is 6.33. The summed E-state index contributed by atoms with van der Waals surface area (Å²) in [5.74, 6) is 0.751. The van der Waals surface area contributed by atoms with Crippen molar-refractivity contribution in [3.8, 4) is 5.75 Å². The quantitative estimate of drug-likeness (QED) is 0.664. The summed E-state index contributed by atoms with van der Waals surface area (Å²) in [6.45, 7) is 8.35. The maximum Gasteiger partial charge on any atom is 0.329 e. The van der Waals surface area contributed by atoms with Crippen LogP contribution in [0.25, 0.3) is 0 Å². The molecule has 3 amide bonds. The van der Waals surface area contributed by atoms with E-state index >= 15 is 0 Å². The van der Waals surface area contributed by atoms with Crippen LogP contribution in [0.3, 0.4) is 0 Å². The maximum absolute atomic E-state index is 13.3. The number of ether oxygens (including phenoxy) is 1. The van der Waals surface area contributed by atoms with E-state index in [0.29, 0.717) is 19.7 Å². The van der Waals surface area contributed by atoms with Crippen LogP contribution in [0.15, 0.2) is 54.6 Å². The number of piperazine rings is 1. The molecule has 2 fully saturated rings. The molecule has 2 aliphatic rings. The third kappa shape index (κ3) is 3.97. The second-order valence-corrected chi connectivity index (χ2v) is 8.08. The number of carbonyl (C=O) groups excluding carboxylic acids is 2. The minimum Gasteiger partial charge on any atom is -0.492 e. The van der Waals surface area contributed by atoms with Crippen LogP contribution in [0.2, 0.25) is 0 Å². The van der Waals surface area contributed by atoms with Gasteiger partial charge in [-0.15, -0.1) is 0 Å². The van der Waals surface area contributed by atoms with Crippen molar-refractivity contribution >= 4 is 17.6 Å². The number of carbonyl (C=O) groups is 2. The third-order valence-corrected chi connectivity index (χ3v) is 6.33. The molecule has 0 unspecified atom stereocenters. The fourth-order valence-electron chi connectivity index (χ4n) is 4.57. The maximum atomic E-state index is 13.3. The van der Waals surface area contributed by atoms with Gasteiger partial charge in [-0.1, -0.05) is 49.4 Å². The summed E-state index contributed by atoms with van der Waals surface area (Å²) < 4.78 is 5.78. The van der Waals surface area contributed by atoms with Gasteiger partial charge >= 0.3 is 6.03 Å². The molecule has 164 valence electrons. The van der Waals surface area contributed by atoms with Crippen molar-refractivity contribution < 1.29 is 19.2 Å². The number of nitrogens with zero attached hydrogens (tertiary/aromatic N) is 2. The number of benzene rings is 2. The standard InChI is InChI=1S/C24H30N4O3/c1-3-24(19-10-6-5-7-11-19)22(29)28(23(30)25-24)18-26-14-16-27(17-15-26)20-12-8-9-13-21(20)31-4-2/h5-13H,3-4,14-18H2,1-2H3,(H,25,30)/p+1/t24-/m0/s1. The predicted octanol–water partition coefficient (Wildman–Crippen LogP) is 1.61. The molecule has 4 rings (SSSR count). The van der Waals surface area contributed by atoms with Gasteiger partial charge in [-0.25, -0.2) is 9.69 Å². The number of urea groups is 1. The number of rotatable bonds is 7. The fraction of sp³-hybridized carbons (Fsp3) is 0.417. The van der Waals surface area contributed by atoms with E-state index in [4.69, 9.17) is 4.74 Å². The number of amides is 3. The van der Waals surface area contributed by atoms with Crippen molar-refractivity contribution in [2.75, 3.05) is 44.4 Å². The summed E-state index contributed by atoms with van der Waals surface area (Å²) in [6.07, 6.45) is 0.523. The van der Waals surface area contributed by atoms with Gasteiger partial charge in [0.05, 0.1) is 38.5 Å². The van der Waals surface area contributed by atoms with Crippen molar-refractivity contribution in [1.29, 1.82) is 0 Å². The zero-order valence-electron chi connectivity index (χ0n) is 18.3. The minimum absolute atomic E-state index is 0.150. The van der Waals surface area contributed by atoms with E-state index < -0.39 is 5.54 Å². The zero-order chi connectivity index (χ0) is 21.8. The van der Waals surface area contributed by atoms with Gasteiger partial charge in [0.2, 0.25) is 0 Å². The summed E-state index contributed by atoms with van der Waals surface area (Å²) in [5.41, 5.74) is 0.980. The monoisotopic (exact) mass is 423 g/mol. The largest absolute Gasteiger partial charge is 0.492 e. The molecule has 2 N–H and O–H groups in total. The van der Waals surface area contributed by atoms with E-state index in [9.17, 15) is 9.59 Å². The Hall–Kier alpha value is -3.06. The summed E-state index contributed by atoms with van der Waals surface area (Å²) >= 11 is 0. The van der Waals surface area contributed by atoms with Gasteiger partial charge in [0.15, 0.2) is 6.67 Å². The Labute approximate surface area is 183 Å². The number of anilines is 1. The molecule has 0 saturated carbocycles. The lowest BCUT2D eigenvalue weighted by atomic mass is 9.87. The molecular formula is C24H31N4O3+. The van der Waals surface area contributed by atoms with Gasteiger partial charge in [0, 0.05) is 0 Å². The van der Waals surface area contributed by atoms with Crippen LogP contribution in [0.5, 0.6) is 5.75 Å². The average molecular weight is 424 g/mol. The molecular weight excluding hydrogens is 392 g/mol. The van der Waals surface area contributed by atoms with E-state index in [1.54, 1.807) is 0 Å². The average Bonchev–Trinajstić information content (AvgIpc) is 3.06. The Balaban J connectivity index is 1.42. The molecule has 2 aromatic carbocycles. The van der Waals surface area contributed by atoms with E-state index in [1.165, 1.54) is 9.80 Å². The lowest BCUT2D eigenvalue weighted by Gasteiger charge is -2.35. The summed E-state index contributed by atoms with van der Waals surface area (Å²) in [7, 11) is 0. The van der Waals surface area contributed by atoms with Crippen LogP contribution in [-0.2, 0) is 10.3 Å². The van der Waals surface area contributed by atoms with Crippen LogP contribution in [0, 0.1) is 0 Å². The summed E-state index contributed by atoms with van der Waals surface area (Å²) in [5, 5.41) is 2.98. The van der Waals surface area contributed by atoms with Gasteiger partial charge in [0.25, 0.3) is 5.91 Å². The normalized spacial score (nSPS) is 22.0. The smallest absolute Gasteiger partial charge is 0.329 e. The van der Waals surface area contributed by atoms with Crippen molar-refractivity contribution in [3.05, 3.63) is 60.2 Å². The van der Waals surface area contributed by atoms with Crippen molar-refractivity contribution in [3.63, 3.8) is 0 Å². The van der Waals surface area contributed by atoms with Crippen LogP contribution in [0.4, 0.5) is 10.5 Å². The Morgan fingerprint density at radius 2 is 1.68 bits per heavy atom. The van der Waals surface area contributed by atoms with Gasteiger partial charge in [-0.2, -0.15) is 0 Å². The van der Waals surface area contributed by atoms with E-state index in [-0.39, 0.29) is 11.9 Å². The molecule has 2 aliphatic heterocycles. The van der Waals surface area contributed by atoms with Gasteiger partial charge < -0.3 is 19.9 Å². The molecule has 0 aliphatic carbocycles. The van der Waals surface area contributed by atoms with Crippen LogP contribution < -0.4 is 19.9 Å². The van der Waals surface area contributed by atoms with Crippen molar-refractivity contribution in [2.24, 2.45) is 0 Å². The number of hydrogen-bond acceptors (Lipinski definition) is 4. The highest BCUT2D eigenvalue weighted by molar-refractivity contribution is 6.07. The van der Waals surface area contributed by atoms with Crippen LogP contribution in [0.1, 0.15) is 25.8 Å². The SMILES string of the molecule is CCOc1ccccc1N1CC[NH+](CN2C(=O)N[C@@](CC)(c3ccccc3)C2=O)CC1. The number of hydrogen-bond donors (Lipinski definition) is 2. The zero-order valence-corrected chi connectivity index (χ0v) is 18.3. The minimum atomic E-state index is -0.962. The fourth-order valence-corrected chi connectivity index (χ4v) is 4.57. The molecule has 7 nitrogen and oxygen atoms in total. The summed E-state index contributed by atoms with van der Waals surface area (Å²) in [6, 6.07) is 17.3. The Morgan fingerprint density at radius 3 is 2.35 bits per heavy atom. The first-order chi connectivity index (χ1) is 15.1. The summed E-state index contributed by atoms with van der Waals surface area (Å²) in [4.78, 5) is 31.1. The Morgan fingerprint density at radius 1 is 1.00 bits per heavy atom. The number of para-hydroxylation sites is 2. The second-order valence-electron chi connectivity index (χ2n) is 8.08. The topological polar surface area (TPSA) is 66.3 Å². The molecule has 1 atom stereocenters. The van der Waals surface area contributed by atoms with Crippen molar-refractivity contribution in [2.45, 2.75) is 25.8 Å². The highest BCUT2D eigenvalue weighted by Gasteiger charge is 2.52. The van der Waals surface area contributed by atoms with E-state index in [2.05, 4.69) is 16.3 Å². The molecule has 2 aromatic rings. The molecule has 2 heterocycles. The Bertz CT molecular complexity index is 927. The first kappa shape index (κ1) is 21.2. The van der Waals surface area contributed by atoms with Crippen LogP contribution >= 0.6 is 0 Å². The first-order valence-electron chi connectivity index (χ1n) is 11.1. The van der Waals surface area contributed by atoms with Gasteiger partial charge in [0.1, 0.15) is 11.3 Å². The lowest BCUT2D eigenvalue weighted by Crippen LogP contribution is -3.16. The molecule has 2 saturated heterocycles. The molecule has 0 radical (unpaired) electrons. The highest BCUT2D eigenvalue weighted by Crippen LogP contribution is 2.32. The van der Waals surface area contributed by atoms with Crippen molar-refractivity contribution in [1.82, 2.24) is 10.2 Å². The number of nitrogens with one attached hydrogen (secondary N) is 2. The van der Waals surface area contributed by atoms with E-state index in [1.807, 2.05) is 62.4 Å². The first-order valence-corrected chi connectivity index (χ1v) is 11.1. The number of quaternary nitrogens is 1. The predicted molar refractivity (Wildman–Crippen MR) is 119 cm³/mol. The van der Waals surface area contributed by atoms with Gasteiger partial charge in [-0.05, 0) is 31.0 Å². The molecule has 0 aromatic heterocycles. The van der Waals surface area contributed by atoms with Crippen LogP contribution in [-0.4, -0.2) is 56.3 Å². The van der Waals surface area contributed by atoms with Gasteiger partial charge in [-0.3, -0.25) is 4.79 Å². The lowest BCUT2D eigenvalue weighted by molar-refractivity contribution is -0.907.